The lowest BCUT2D eigenvalue weighted by atomic mass is 9.75. The van der Waals surface area contributed by atoms with Crippen LogP contribution in [0.15, 0.2) is 35.1 Å². The topological polar surface area (TPSA) is 51.1 Å². The first kappa shape index (κ1) is 19.0. The van der Waals surface area contributed by atoms with Crippen molar-refractivity contribution in [1.82, 2.24) is 5.01 Å². The van der Waals surface area contributed by atoms with Crippen LogP contribution in [0.4, 0.5) is 0 Å². The molecule has 0 spiro atoms. The van der Waals surface area contributed by atoms with Crippen molar-refractivity contribution in [3.05, 3.63) is 72.7 Å². The Morgan fingerprint density at radius 2 is 2.11 bits per heavy atom. The molecule has 0 amide bonds. The number of fused-ring (bicyclic) bond motifs is 3. The minimum Gasteiger partial charge on any atom is -0.497 e. The number of methoxy groups -OCH3 is 1. The summed E-state index contributed by atoms with van der Waals surface area (Å²) in [6.07, 6.45) is 11.9. The average molecular weight is 377 g/mol. The second kappa shape index (κ2) is 7.98. The van der Waals surface area contributed by atoms with Crippen molar-refractivity contribution in [2.75, 3.05) is 13.7 Å². The molecule has 5 heteroatoms. The molecule has 0 bridgehead atoms. The maximum Gasteiger partial charge on any atom is 0.332 e. The number of aryl methyl sites for hydroxylation is 1. The van der Waals surface area contributed by atoms with Gasteiger partial charge in [-0.1, -0.05) is 0 Å². The van der Waals surface area contributed by atoms with E-state index in [0.29, 0.717) is 6.61 Å². The van der Waals surface area contributed by atoms with Crippen LogP contribution >= 0.6 is 0 Å². The highest BCUT2D eigenvalue weighted by Crippen LogP contribution is 2.44. The second-order valence-corrected chi connectivity index (χ2v) is 7.20. The van der Waals surface area contributed by atoms with Crippen LogP contribution in [0.1, 0.15) is 31.4 Å². The summed E-state index contributed by atoms with van der Waals surface area (Å²) in [5.74, 6) is 2.05. The molecule has 1 saturated carbocycles. The van der Waals surface area contributed by atoms with Crippen molar-refractivity contribution >= 4 is 11.7 Å². The number of carbonyl (C=O) groups excluding carboxylic acids is 1. The predicted octanol–water partition coefficient (Wildman–Crippen LogP) is 3.52. The predicted molar refractivity (Wildman–Crippen MR) is 108 cm³/mol. The van der Waals surface area contributed by atoms with Gasteiger partial charge >= 0.3 is 5.97 Å². The minimum atomic E-state index is -0.332. The molecule has 5 nitrogen and oxygen atoms in total. The molecule has 145 valence electrons. The fraction of sp³-hybridized carbons (Fsp3) is 0.348. The number of hydrazone groups is 1. The van der Waals surface area contributed by atoms with Crippen LogP contribution in [0.2, 0.25) is 0 Å². The molecule has 1 aromatic rings. The fourth-order valence-corrected chi connectivity index (χ4v) is 4.26. The Balaban J connectivity index is 1.70. The number of allylic oxidation sites excluding steroid dienone is 1. The van der Waals surface area contributed by atoms with E-state index in [4.69, 9.17) is 14.6 Å². The van der Waals surface area contributed by atoms with Gasteiger partial charge < -0.3 is 9.47 Å². The smallest absolute Gasteiger partial charge is 0.332 e. The van der Waals surface area contributed by atoms with Crippen LogP contribution in [0.25, 0.3) is 0 Å². The van der Waals surface area contributed by atoms with Crippen molar-refractivity contribution in [3.63, 3.8) is 0 Å². The molecule has 0 N–H and O–H groups in total. The maximum absolute atomic E-state index is 12.0. The van der Waals surface area contributed by atoms with E-state index in [1.807, 2.05) is 24.9 Å². The molecule has 0 saturated heterocycles. The van der Waals surface area contributed by atoms with Crippen LogP contribution in [0.5, 0.6) is 5.75 Å². The van der Waals surface area contributed by atoms with Crippen LogP contribution in [-0.4, -0.2) is 36.4 Å². The molecule has 2 aliphatic carbocycles. The summed E-state index contributed by atoms with van der Waals surface area (Å²) >= 11 is 0. The number of esters is 1. The van der Waals surface area contributed by atoms with Crippen molar-refractivity contribution in [2.45, 2.75) is 32.7 Å². The third kappa shape index (κ3) is 3.43. The Morgan fingerprint density at radius 1 is 1.32 bits per heavy atom. The molecule has 1 aromatic carbocycles. The molecule has 1 fully saturated rings. The van der Waals surface area contributed by atoms with Gasteiger partial charge in [0.25, 0.3) is 0 Å². The molecule has 3 aliphatic rings. The third-order valence-corrected chi connectivity index (χ3v) is 5.53. The largest absolute Gasteiger partial charge is 0.497 e. The minimum absolute atomic E-state index is 0.0888. The van der Waals surface area contributed by atoms with Crippen LogP contribution < -0.4 is 4.74 Å². The molecule has 4 rings (SSSR count). The van der Waals surface area contributed by atoms with Gasteiger partial charge in [0.1, 0.15) is 5.75 Å². The van der Waals surface area contributed by atoms with E-state index in [2.05, 4.69) is 37.8 Å². The SMILES string of the molecule is CCOC(=O)/C=C(/C)N1N=C2c3ccc(OC)cc3CCC2C1[C]1[CH][CH][CH][CH]1. The van der Waals surface area contributed by atoms with Crippen molar-refractivity contribution in [3.8, 4) is 5.75 Å². The molecule has 1 aliphatic heterocycles. The van der Waals surface area contributed by atoms with E-state index in [9.17, 15) is 4.79 Å². The lowest BCUT2D eigenvalue weighted by Gasteiger charge is -2.34. The van der Waals surface area contributed by atoms with Gasteiger partial charge in [-0.25, -0.2) is 4.79 Å². The van der Waals surface area contributed by atoms with Crippen molar-refractivity contribution < 1.29 is 14.3 Å². The lowest BCUT2D eigenvalue weighted by molar-refractivity contribution is -0.137. The first-order chi connectivity index (χ1) is 13.6. The summed E-state index contributed by atoms with van der Waals surface area (Å²) < 4.78 is 10.5. The number of hydrogen-bond donors (Lipinski definition) is 0. The van der Waals surface area contributed by atoms with Crippen molar-refractivity contribution in [1.29, 1.82) is 0 Å². The maximum atomic E-state index is 12.0. The van der Waals surface area contributed by atoms with E-state index in [0.717, 1.165) is 30.0 Å². The first-order valence-electron chi connectivity index (χ1n) is 9.74. The molecule has 28 heavy (non-hydrogen) atoms. The number of benzene rings is 1. The Morgan fingerprint density at radius 3 is 2.82 bits per heavy atom. The Bertz CT molecular complexity index is 808. The Labute approximate surface area is 167 Å². The zero-order chi connectivity index (χ0) is 19.7. The van der Waals surface area contributed by atoms with E-state index >= 15 is 0 Å². The number of hydrogen-bond acceptors (Lipinski definition) is 5. The van der Waals surface area contributed by atoms with Gasteiger partial charge in [0.2, 0.25) is 0 Å². The fourth-order valence-electron chi connectivity index (χ4n) is 4.26. The Kier molecular flexibility index (Phi) is 5.42. The molecule has 5 radical (unpaired) electrons. The summed E-state index contributed by atoms with van der Waals surface area (Å²) in [4.78, 5) is 12.0. The number of carbonyl (C=O) groups is 1. The highest BCUT2D eigenvalue weighted by atomic mass is 16.5. The summed E-state index contributed by atoms with van der Waals surface area (Å²) in [7, 11) is 1.69. The zero-order valence-corrected chi connectivity index (χ0v) is 16.5. The molecule has 1 heterocycles. The zero-order valence-electron chi connectivity index (χ0n) is 16.5. The van der Waals surface area contributed by atoms with Gasteiger partial charge in [-0.15, -0.1) is 0 Å². The quantitative estimate of drug-likeness (QED) is 0.582. The molecular weight excluding hydrogens is 352 g/mol. The third-order valence-electron chi connectivity index (χ3n) is 5.53. The summed E-state index contributed by atoms with van der Waals surface area (Å²) in [6, 6.07) is 6.29. The standard InChI is InChI=1S/C23H25N2O3/c1-4-28-21(26)13-15(2)25-23(16-7-5-6-8-16)20-11-9-17-14-18(27-3)10-12-19(17)22(20)24-25/h5-8,10,12-14,20,23H,4,9,11H2,1-3H3/b15-13-. The lowest BCUT2D eigenvalue weighted by Crippen LogP contribution is -2.39. The summed E-state index contributed by atoms with van der Waals surface area (Å²) in [6.45, 7) is 4.09. The first-order valence-corrected chi connectivity index (χ1v) is 9.74. The van der Waals surface area contributed by atoms with E-state index in [-0.39, 0.29) is 17.9 Å². The number of ether oxygens (including phenoxy) is 2. The van der Waals surface area contributed by atoms with E-state index in [1.165, 1.54) is 23.1 Å². The Hall–Kier alpha value is -2.30. The number of nitrogens with zero attached hydrogens (tertiary/aromatic N) is 2. The monoisotopic (exact) mass is 377 g/mol. The van der Waals surface area contributed by atoms with Gasteiger partial charge in [-0.2, -0.15) is 5.10 Å². The summed E-state index contributed by atoms with van der Waals surface area (Å²) in [5, 5.41) is 6.98. The van der Waals surface area contributed by atoms with Crippen LogP contribution in [-0.2, 0) is 16.0 Å². The molecule has 2 atom stereocenters. The molecule has 0 aromatic heterocycles. The average Bonchev–Trinajstić information content (AvgIpc) is 3.34. The number of rotatable bonds is 5. The van der Waals surface area contributed by atoms with E-state index < -0.39 is 0 Å². The highest BCUT2D eigenvalue weighted by Gasteiger charge is 2.46. The molecular formula is C23H25N2O3. The van der Waals surface area contributed by atoms with Gasteiger partial charge in [0.15, 0.2) is 0 Å². The molecule has 2 unspecified atom stereocenters. The van der Waals surface area contributed by atoms with Gasteiger partial charge in [0, 0.05) is 29.2 Å². The van der Waals surface area contributed by atoms with Crippen LogP contribution in [0, 0.1) is 37.5 Å². The highest BCUT2D eigenvalue weighted by molar-refractivity contribution is 6.06. The van der Waals surface area contributed by atoms with Gasteiger partial charge in [0.05, 0.1) is 25.5 Å². The normalized spacial score (nSPS) is 24.6. The van der Waals surface area contributed by atoms with Gasteiger partial charge in [-0.3, -0.25) is 5.01 Å². The van der Waals surface area contributed by atoms with Gasteiger partial charge in [-0.05, 0) is 76.1 Å². The summed E-state index contributed by atoms with van der Waals surface area (Å²) in [5.41, 5.74) is 4.33. The van der Waals surface area contributed by atoms with Crippen LogP contribution in [0.3, 0.4) is 0 Å². The second-order valence-electron chi connectivity index (χ2n) is 7.20. The van der Waals surface area contributed by atoms with E-state index in [1.54, 1.807) is 7.11 Å². The van der Waals surface area contributed by atoms with Crippen molar-refractivity contribution in [2.24, 2.45) is 11.0 Å².